The maximum atomic E-state index is 13.7. The van der Waals surface area contributed by atoms with Crippen molar-refractivity contribution in [2.24, 2.45) is 0 Å². The number of furan rings is 1. The molecule has 1 amide bonds. The third-order valence-corrected chi connectivity index (χ3v) is 7.85. The third-order valence-electron chi connectivity index (χ3n) is 5.74. The molecule has 7 nitrogen and oxygen atoms in total. The van der Waals surface area contributed by atoms with Crippen molar-refractivity contribution in [1.29, 1.82) is 0 Å². The largest absolute Gasteiger partial charge is 0.497 e. The standard InChI is InChI=1S/C24H23N3O4S2/c1-26(13-17-8-5-11-31-17)20(28)14-32-24-25-22-21(18-9-4-10-19(18)33-22)23(29)27(24)15-6-3-7-16(12-15)30-2/h3,5-8,11-12H,4,9-10,13-14H2,1-2H3. The molecule has 4 aromatic rings. The maximum Gasteiger partial charge on any atom is 0.267 e. The number of thioether (sulfide) groups is 1. The number of fused-ring (bicyclic) bond motifs is 3. The fourth-order valence-electron chi connectivity index (χ4n) is 4.06. The van der Waals surface area contributed by atoms with Crippen molar-refractivity contribution < 1.29 is 13.9 Å². The summed E-state index contributed by atoms with van der Waals surface area (Å²) in [6.07, 6.45) is 4.57. The highest BCUT2D eigenvalue weighted by Crippen LogP contribution is 2.36. The molecule has 0 spiro atoms. The molecule has 9 heteroatoms. The minimum absolute atomic E-state index is 0.0726. The Kier molecular flexibility index (Phi) is 5.99. The first-order chi connectivity index (χ1) is 16.0. The van der Waals surface area contributed by atoms with E-state index in [1.807, 2.05) is 30.3 Å². The molecule has 3 heterocycles. The van der Waals surface area contributed by atoms with Crippen molar-refractivity contribution >= 4 is 39.2 Å². The molecule has 3 aromatic heterocycles. The zero-order valence-corrected chi connectivity index (χ0v) is 20.0. The van der Waals surface area contributed by atoms with Crippen LogP contribution in [0.3, 0.4) is 0 Å². The number of hydrogen-bond acceptors (Lipinski definition) is 7. The monoisotopic (exact) mass is 481 g/mol. The number of amides is 1. The predicted molar refractivity (Wildman–Crippen MR) is 130 cm³/mol. The summed E-state index contributed by atoms with van der Waals surface area (Å²) >= 11 is 2.87. The molecule has 0 atom stereocenters. The molecule has 0 N–H and O–H groups in total. The summed E-state index contributed by atoms with van der Waals surface area (Å²) in [6, 6.07) is 11.0. The van der Waals surface area contributed by atoms with Gasteiger partial charge in [0.25, 0.3) is 5.56 Å². The summed E-state index contributed by atoms with van der Waals surface area (Å²) in [5.41, 5.74) is 1.71. The van der Waals surface area contributed by atoms with Gasteiger partial charge in [-0.25, -0.2) is 4.98 Å². The van der Waals surface area contributed by atoms with Crippen molar-refractivity contribution in [3.8, 4) is 11.4 Å². The quantitative estimate of drug-likeness (QED) is 0.290. The molecule has 1 aliphatic carbocycles. The first-order valence-corrected chi connectivity index (χ1v) is 12.5. The second-order valence-corrected chi connectivity index (χ2v) is 9.92. The van der Waals surface area contributed by atoms with E-state index in [1.165, 1.54) is 16.6 Å². The molecular formula is C24H23N3O4S2. The topological polar surface area (TPSA) is 77.6 Å². The van der Waals surface area contributed by atoms with Gasteiger partial charge in [0.1, 0.15) is 16.3 Å². The average Bonchev–Trinajstić information content (AvgIpc) is 3.55. The number of benzene rings is 1. The smallest absolute Gasteiger partial charge is 0.267 e. The Morgan fingerprint density at radius 3 is 2.97 bits per heavy atom. The van der Waals surface area contributed by atoms with Gasteiger partial charge in [-0.2, -0.15) is 0 Å². The maximum absolute atomic E-state index is 13.7. The SMILES string of the molecule is COc1cccc(-n2c(SCC(=O)N(C)Cc3ccco3)nc3sc4c(c3c2=O)CCC4)c1. The zero-order valence-electron chi connectivity index (χ0n) is 18.4. The van der Waals surface area contributed by atoms with Crippen LogP contribution in [0.2, 0.25) is 0 Å². The van der Waals surface area contributed by atoms with E-state index in [2.05, 4.69) is 0 Å². The van der Waals surface area contributed by atoms with Crippen molar-refractivity contribution in [2.75, 3.05) is 19.9 Å². The number of carbonyl (C=O) groups excluding carboxylic acids is 1. The van der Waals surface area contributed by atoms with Crippen molar-refractivity contribution in [3.63, 3.8) is 0 Å². The lowest BCUT2D eigenvalue weighted by Crippen LogP contribution is -2.28. The lowest BCUT2D eigenvalue weighted by Gasteiger charge is -2.17. The van der Waals surface area contributed by atoms with Gasteiger partial charge < -0.3 is 14.1 Å². The van der Waals surface area contributed by atoms with Crippen molar-refractivity contribution in [1.82, 2.24) is 14.5 Å². The Morgan fingerprint density at radius 2 is 2.18 bits per heavy atom. The van der Waals surface area contributed by atoms with E-state index in [-0.39, 0.29) is 17.2 Å². The number of aryl methyl sites for hydroxylation is 2. The van der Waals surface area contributed by atoms with Gasteiger partial charge in [0, 0.05) is 18.0 Å². The second kappa shape index (κ2) is 9.07. The number of ether oxygens (including phenoxy) is 1. The predicted octanol–water partition coefficient (Wildman–Crippen LogP) is 4.29. The van der Waals surface area contributed by atoms with Crippen molar-refractivity contribution in [2.45, 2.75) is 31.0 Å². The highest BCUT2D eigenvalue weighted by Gasteiger charge is 2.24. The van der Waals surface area contributed by atoms with E-state index in [9.17, 15) is 9.59 Å². The summed E-state index contributed by atoms with van der Waals surface area (Å²) in [5.74, 6) is 1.46. The average molecular weight is 482 g/mol. The number of thiophene rings is 1. The van der Waals surface area contributed by atoms with Crippen LogP contribution in [0.15, 0.2) is 57.0 Å². The van der Waals surface area contributed by atoms with E-state index in [0.717, 1.165) is 35.4 Å². The van der Waals surface area contributed by atoms with Crippen LogP contribution in [0.1, 0.15) is 22.6 Å². The van der Waals surface area contributed by atoms with Crippen LogP contribution >= 0.6 is 23.1 Å². The van der Waals surface area contributed by atoms with Crippen LogP contribution in [0.5, 0.6) is 5.75 Å². The summed E-state index contributed by atoms with van der Waals surface area (Å²) in [4.78, 5) is 35.0. The molecule has 0 radical (unpaired) electrons. The molecule has 0 saturated carbocycles. The molecule has 5 rings (SSSR count). The normalized spacial score (nSPS) is 12.8. The Bertz CT molecular complexity index is 1370. The number of rotatable bonds is 7. The first-order valence-electron chi connectivity index (χ1n) is 10.7. The molecule has 0 aliphatic heterocycles. The van der Waals surface area contributed by atoms with Crippen LogP contribution in [0.25, 0.3) is 15.9 Å². The number of carbonyl (C=O) groups is 1. The number of nitrogens with zero attached hydrogens (tertiary/aromatic N) is 3. The minimum atomic E-state index is -0.0912. The van der Waals surface area contributed by atoms with Crippen molar-refractivity contribution in [3.05, 3.63) is 69.2 Å². The Morgan fingerprint density at radius 1 is 1.30 bits per heavy atom. The third kappa shape index (κ3) is 4.18. The van der Waals surface area contributed by atoms with Gasteiger partial charge >= 0.3 is 0 Å². The van der Waals surface area contributed by atoms with Crippen LogP contribution in [0, 0.1) is 0 Å². The summed E-state index contributed by atoms with van der Waals surface area (Å²) in [6.45, 7) is 0.388. The Labute approximate surface area is 199 Å². The van der Waals surface area contributed by atoms with Crippen LogP contribution in [-0.2, 0) is 24.2 Å². The highest BCUT2D eigenvalue weighted by molar-refractivity contribution is 7.99. The fourth-order valence-corrected chi connectivity index (χ4v) is 6.32. The molecule has 170 valence electrons. The molecule has 33 heavy (non-hydrogen) atoms. The number of aromatic nitrogens is 2. The second-order valence-electron chi connectivity index (χ2n) is 7.89. The van der Waals surface area contributed by atoms with E-state index in [4.69, 9.17) is 14.1 Å². The molecule has 1 aliphatic rings. The van der Waals surface area contributed by atoms with Crippen LogP contribution in [0.4, 0.5) is 0 Å². The van der Waals surface area contributed by atoms with E-state index >= 15 is 0 Å². The fraction of sp³-hybridized carbons (Fsp3) is 0.292. The molecule has 1 aromatic carbocycles. The van der Waals surface area contributed by atoms with Gasteiger partial charge in [-0.05, 0) is 49.1 Å². The molecule has 0 unspecified atom stereocenters. The zero-order chi connectivity index (χ0) is 22.9. The van der Waals surface area contributed by atoms with E-state index in [0.29, 0.717) is 28.5 Å². The molecule has 0 saturated heterocycles. The number of methoxy groups -OCH3 is 1. The summed E-state index contributed by atoms with van der Waals surface area (Å²) in [7, 11) is 3.33. The summed E-state index contributed by atoms with van der Waals surface area (Å²) < 4.78 is 12.3. The Balaban J connectivity index is 1.51. The van der Waals surface area contributed by atoms with Gasteiger partial charge in [-0.3, -0.25) is 14.2 Å². The number of hydrogen-bond donors (Lipinski definition) is 0. The lowest BCUT2D eigenvalue weighted by atomic mass is 10.2. The van der Waals surface area contributed by atoms with E-state index in [1.54, 1.807) is 47.3 Å². The first kappa shape index (κ1) is 21.8. The van der Waals surface area contributed by atoms with Crippen LogP contribution in [-0.4, -0.2) is 40.3 Å². The highest BCUT2D eigenvalue weighted by atomic mass is 32.2. The lowest BCUT2D eigenvalue weighted by molar-refractivity contribution is -0.127. The van der Waals surface area contributed by atoms with Gasteiger partial charge in [0.05, 0.1) is 36.7 Å². The summed E-state index contributed by atoms with van der Waals surface area (Å²) in [5, 5.41) is 1.21. The van der Waals surface area contributed by atoms with Gasteiger partial charge in [0.15, 0.2) is 5.16 Å². The van der Waals surface area contributed by atoms with E-state index < -0.39 is 0 Å². The molecule has 0 fully saturated rings. The Hall–Kier alpha value is -3.04. The van der Waals surface area contributed by atoms with Gasteiger partial charge in [0.2, 0.25) is 5.91 Å². The molecule has 0 bridgehead atoms. The van der Waals surface area contributed by atoms with Gasteiger partial charge in [-0.15, -0.1) is 11.3 Å². The minimum Gasteiger partial charge on any atom is -0.497 e. The van der Waals surface area contributed by atoms with Gasteiger partial charge in [-0.1, -0.05) is 17.8 Å². The molecular weight excluding hydrogens is 458 g/mol. The van der Waals surface area contributed by atoms with Crippen LogP contribution < -0.4 is 10.3 Å².